The first-order chi connectivity index (χ1) is 38.4. The standard InChI is InChI=1S/C54H54Cl2N8O16S/c1-20(2)10-31(58-3)48(72)62-43-45(69)22-6-8-34(29(55)12-22)79-36-14-25-15-37(47(36)71)80-35-9-7-23(13-30(35)56)46(70)44-52(76)61-42(54(77)78)28-16-26(66)17-33(67)39(28)27-11-21(4-5-24(27)19-65)40(50(74)63-44)64-53(81)41(25)60-49(73)32(18-38(57)68)59-51(43)75/h4-9,11-17,20,31-32,40-46,58,65-67,69-71H,10,18-19H2,1-3H3,(H2,57,68)(H,59,75)(H,60,73)(H,61,76)(H,62,72)(H,63,74)(H,64,81)(H,77,78). The summed E-state index contributed by atoms with van der Waals surface area (Å²) in [7, 11) is 1.52. The third kappa shape index (κ3) is 12.5. The fraction of sp³-hybridized carbons (Fsp3) is 0.296. The summed E-state index contributed by atoms with van der Waals surface area (Å²) in [6, 6.07) is 2.93. The molecule has 11 bridgehead atoms. The van der Waals surface area contributed by atoms with Gasteiger partial charge in [-0.2, -0.15) is 0 Å². The molecular formula is C54H54Cl2N8O16S. The maximum absolute atomic E-state index is 15.1. The molecule has 6 amide bonds. The highest BCUT2D eigenvalue weighted by Crippen LogP contribution is 2.47. The smallest absolute Gasteiger partial charge is 0.330 e. The number of aliphatic hydroxyl groups excluding tert-OH is 3. The number of carbonyl (C=O) groups excluding carboxylic acids is 6. The molecule has 81 heavy (non-hydrogen) atoms. The van der Waals surface area contributed by atoms with Gasteiger partial charge < -0.3 is 88.2 Å². The Morgan fingerprint density at radius 2 is 1.33 bits per heavy atom. The number of rotatable bonds is 9. The number of nitrogens with one attached hydrogen (secondary N) is 7. The van der Waals surface area contributed by atoms with Crippen LogP contribution in [0.5, 0.6) is 40.2 Å². The topological polar surface area (TPSA) is 390 Å². The van der Waals surface area contributed by atoms with E-state index in [1.807, 2.05) is 13.8 Å². The van der Waals surface area contributed by atoms with E-state index in [0.717, 1.165) is 18.2 Å². The van der Waals surface area contributed by atoms with Gasteiger partial charge in [-0.05, 0) is 101 Å². The van der Waals surface area contributed by atoms with Gasteiger partial charge in [0, 0.05) is 17.2 Å². The van der Waals surface area contributed by atoms with Gasteiger partial charge in [0.15, 0.2) is 17.5 Å². The molecule has 5 aromatic rings. The number of fused-ring (bicyclic) bond motifs is 15. The zero-order valence-electron chi connectivity index (χ0n) is 42.9. The molecule has 9 unspecified atom stereocenters. The number of aliphatic carboxylic acids is 1. The van der Waals surface area contributed by atoms with Gasteiger partial charge in [0.25, 0.3) is 0 Å². The Hall–Kier alpha value is -8.30. The number of nitrogens with two attached hydrogens (primary N) is 1. The van der Waals surface area contributed by atoms with Crippen LogP contribution < -0.4 is 52.4 Å². The number of carbonyl (C=O) groups is 7. The summed E-state index contributed by atoms with van der Waals surface area (Å²) < 4.78 is 12.4. The number of halogens is 2. The summed E-state index contributed by atoms with van der Waals surface area (Å²) in [5.74, 6) is -11.8. The summed E-state index contributed by atoms with van der Waals surface area (Å²) in [5.41, 5.74) is 4.45. The molecule has 27 heteroatoms. The Balaban J connectivity index is 1.37. The molecule has 0 spiro atoms. The molecule has 5 aromatic carbocycles. The van der Waals surface area contributed by atoms with Gasteiger partial charge in [-0.25, -0.2) is 4.79 Å². The third-order valence-electron chi connectivity index (χ3n) is 13.6. The molecule has 16 N–H and O–H groups in total. The number of carboxylic acids is 1. The molecule has 426 valence electrons. The predicted molar refractivity (Wildman–Crippen MR) is 292 cm³/mol. The maximum atomic E-state index is 15.1. The van der Waals surface area contributed by atoms with E-state index in [0.29, 0.717) is 0 Å². The third-order valence-corrected chi connectivity index (χ3v) is 14.6. The summed E-state index contributed by atoms with van der Waals surface area (Å²) in [5, 5.41) is 97.0. The van der Waals surface area contributed by atoms with E-state index in [9.17, 15) is 64.5 Å². The van der Waals surface area contributed by atoms with Crippen molar-refractivity contribution in [2.75, 3.05) is 7.05 Å². The van der Waals surface area contributed by atoms with Crippen molar-refractivity contribution >= 4 is 81.8 Å². The van der Waals surface area contributed by atoms with Crippen LogP contribution in [0.25, 0.3) is 11.1 Å². The minimum atomic E-state index is -2.11. The van der Waals surface area contributed by atoms with Crippen molar-refractivity contribution in [2.24, 2.45) is 11.7 Å². The van der Waals surface area contributed by atoms with Crippen molar-refractivity contribution in [2.45, 2.75) is 87.8 Å². The van der Waals surface area contributed by atoms with Gasteiger partial charge in [0.2, 0.25) is 41.2 Å². The number of hydrogen-bond donors (Lipinski definition) is 15. The number of ether oxygens (including phenoxy) is 2. The van der Waals surface area contributed by atoms with E-state index in [-0.39, 0.29) is 72.8 Å². The number of likely N-dealkylation sites (N-methyl/N-ethyl adjacent to an activating group) is 1. The zero-order valence-corrected chi connectivity index (χ0v) is 45.3. The van der Waals surface area contributed by atoms with Crippen LogP contribution in [-0.4, -0.2) is 113 Å². The number of benzene rings is 5. The molecule has 5 aliphatic heterocycles. The van der Waals surface area contributed by atoms with E-state index >= 15 is 4.79 Å². The highest BCUT2D eigenvalue weighted by atomic mass is 35.5. The molecule has 0 radical (unpaired) electrons. The average Bonchev–Trinajstić information content (AvgIpc) is 3.53. The first kappa shape index (κ1) is 58.8. The van der Waals surface area contributed by atoms with Crippen molar-refractivity contribution in [3.63, 3.8) is 0 Å². The van der Waals surface area contributed by atoms with E-state index in [1.165, 1.54) is 67.7 Å². The molecule has 0 saturated carbocycles. The Kier molecular flexibility index (Phi) is 17.6. The minimum Gasteiger partial charge on any atom is -0.508 e. The van der Waals surface area contributed by atoms with E-state index in [4.69, 9.17) is 50.6 Å². The number of thiocarbonyl (C=S) groups is 1. The molecule has 0 aromatic heterocycles. The maximum Gasteiger partial charge on any atom is 0.330 e. The molecule has 24 nitrogen and oxygen atoms in total. The highest BCUT2D eigenvalue weighted by molar-refractivity contribution is 7.80. The number of aromatic hydroxyl groups is 3. The second-order valence-electron chi connectivity index (χ2n) is 19.7. The van der Waals surface area contributed by atoms with Crippen molar-refractivity contribution < 1.29 is 78.8 Å². The number of carboxylic acid groups (broad SMARTS) is 1. The van der Waals surface area contributed by atoms with Crippen molar-refractivity contribution in [3.05, 3.63) is 122 Å². The normalized spacial score (nSPS) is 22.3. The molecular weight excluding hydrogens is 1120 g/mol. The first-order valence-electron chi connectivity index (χ1n) is 24.9. The Morgan fingerprint density at radius 3 is 1.90 bits per heavy atom. The second-order valence-corrected chi connectivity index (χ2v) is 20.9. The van der Waals surface area contributed by atoms with Gasteiger partial charge in [-0.1, -0.05) is 73.5 Å². The number of phenolic OH excluding ortho intramolecular Hbond substituents is 3. The van der Waals surface area contributed by atoms with Gasteiger partial charge in [-0.15, -0.1) is 0 Å². The lowest BCUT2D eigenvalue weighted by Crippen LogP contribution is -2.59. The van der Waals surface area contributed by atoms with Crippen LogP contribution in [0.4, 0.5) is 0 Å². The highest BCUT2D eigenvalue weighted by Gasteiger charge is 2.41. The van der Waals surface area contributed by atoms with E-state index in [1.54, 1.807) is 0 Å². The number of phenols is 3. The number of primary amides is 1. The lowest BCUT2D eigenvalue weighted by Gasteiger charge is -2.32. The van der Waals surface area contributed by atoms with Crippen LogP contribution >= 0.6 is 35.4 Å². The van der Waals surface area contributed by atoms with Crippen LogP contribution in [0.2, 0.25) is 10.0 Å². The molecule has 0 fully saturated rings. The largest absolute Gasteiger partial charge is 0.508 e. The lowest BCUT2D eigenvalue weighted by molar-refractivity contribution is -0.143. The quantitative estimate of drug-likeness (QED) is 0.0943. The fourth-order valence-electron chi connectivity index (χ4n) is 9.55. The minimum absolute atomic E-state index is 0.0173. The van der Waals surface area contributed by atoms with Crippen molar-refractivity contribution in [3.8, 4) is 51.4 Å². The Labute approximate surface area is 475 Å². The Morgan fingerprint density at radius 1 is 0.716 bits per heavy atom. The summed E-state index contributed by atoms with van der Waals surface area (Å²) in [6.07, 6.45) is -4.58. The zero-order chi connectivity index (χ0) is 58.9. The Bertz CT molecular complexity index is 3410. The van der Waals surface area contributed by atoms with Crippen LogP contribution in [0.15, 0.2) is 78.9 Å². The van der Waals surface area contributed by atoms with Gasteiger partial charge in [0.05, 0.1) is 29.1 Å². The predicted octanol–water partition coefficient (Wildman–Crippen LogP) is 2.98. The summed E-state index contributed by atoms with van der Waals surface area (Å²) in [6.45, 7) is 2.96. The van der Waals surface area contributed by atoms with Gasteiger partial charge in [-0.3, -0.25) is 28.8 Å². The van der Waals surface area contributed by atoms with Crippen molar-refractivity contribution in [1.29, 1.82) is 0 Å². The summed E-state index contributed by atoms with van der Waals surface area (Å²) in [4.78, 5) is 98.4. The monoisotopic (exact) mass is 1170 g/mol. The molecule has 9 atom stereocenters. The van der Waals surface area contributed by atoms with Gasteiger partial charge in [0.1, 0.15) is 70.4 Å². The van der Waals surface area contributed by atoms with Crippen LogP contribution in [0.3, 0.4) is 0 Å². The molecule has 0 saturated heterocycles. The molecule has 5 aliphatic rings. The summed E-state index contributed by atoms with van der Waals surface area (Å²) >= 11 is 19.6. The second kappa shape index (κ2) is 24.2. The number of hydrogen-bond acceptors (Lipinski definition) is 17. The lowest BCUT2D eigenvalue weighted by atomic mass is 9.87. The average molecular weight is 1170 g/mol. The van der Waals surface area contributed by atoms with E-state index < -0.39 is 148 Å². The molecule has 0 aliphatic carbocycles. The van der Waals surface area contributed by atoms with Gasteiger partial charge >= 0.3 is 5.97 Å². The van der Waals surface area contributed by atoms with Crippen LogP contribution in [0.1, 0.15) is 90.4 Å². The fourth-order valence-corrected chi connectivity index (χ4v) is 10.3. The van der Waals surface area contributed by atoms with Crippen LogP contribution in [0, 0.1) is 5.92 Å². The van der Waals surface area contributed by atoms with E-state index in [2.05, 4.69) is 37.2 Å². The molecule has 5 heterocycles. The van der Waals surface area contributed by atoms with Crippen LogP contribution in [-0.2, 0) is 40.2 Å². The number of aliphatic hydroxyl groups is 3. The molecule has 10 rings (SSSR count). The first-order valence-corrected chi connectivity index (χ1v) is 26.0. The van der Waals surface area contributed by atoms with Crippen molar-refractivity contribution in [1.82, 2.24) is 37.2 Å². The number of amides is 6. The SMILES string of the molecule is CNC(CC(C)C)C(=O)NC1C(=O)NC(CC(N)=O)C(=O)NC2C(=S)NC3C(=O)NC(C(=O)NC(C(=O)O)c4cc(O)cc(O)c4-c4cc3ccc4CO)C(O)c3ccc(c(Cl)c3)Oc3cc2cc(c3O)Oc2ccc(cc2Cl)C1O.